The first kappa shape index (κ1) is 42.5. The lowest BCUT2D eigenvalue weighted by Crippen LogP contribution is -2.69. The number of carbonyl (C=O) groups excluding carboxylic acids is 2. The molecule has 0 amide bonds. The predicted octanol–water partition coefficient (Wildman–Crippen LogP) is 4.42. The molecule has 20 atom stereocenters. The molecule has 330 valence electrons. The molecule has 1 heterocycles. The zero-order chi connectivity index (χ0) is 42.7. The molecule has 11 heteroatoms. The number of hydrogen-bond donors (Lipinski definition) is 7. The number of carbonyl (C=O) groups is 2. The van der Waals surface area contributed by atoms with E-state index in [1.165, 1.54) is 6.42 Å². The van der Waals surface area contributed by atoms with Crippen molar-refractivity contribution in [1.82, 2.24) is 0 Å². The number of nitrogens with two attached hydrogens (primary N) is 2. The molecule has 8 aliphatic carbocycles. The molecule has 0 aromatic heterocycles. The Morgan fingerprint density at radius 3 is 2.45 bits per heavy atom. The van der Waals surface area contributed by atoms with E-state index in [2.05, 4.69) is 43.7 Å². The molecule has 9 rings (SSSR count). The fourth-order valence-electron chi connectivity index (χ4n) is 16.5. The third kappa shape index (κ3) is 6.49. The van der Waals surface area contributed by atoms with Gasteiger partial charge in [0, 0.05) is 42.1 Å². The van der Waals surface area contributed by atoms with Crippen molar-refractivity contribution in [2.24, 2.45) is 104 Å². The number of rotatable bonds is 3. The summed E-state index contributed by atoms with van der Waals surface area (Å²) in [5.74, 6) is 6.69. The van der Waals surface area contributed by atoms with Gasteiger partial charge in [0.05, 0.1) is 42.5 Å². The Hall–Kier alpha value is -2.75. The topological polar surface area (TPSA) is 209 Å². The average molecular weight is 830 g/mol. The molecule has 11 nitrogen and oxygen atoms in total. The van der Waals surface area contributed by atoms with Gasteiger partial charge in [0.25, 0.3) is 0 Å². The van der Waals surface area contributed by atoms with E-state index in [-0.39, 0.29) is 90.9 Å². The number of esters is 1. The third-order valence-corrected chi connectivity index (χ3v) is 19.1. The second-order valence-electron chi connectivity index (χ2n) is 22.3. The number of aliphatic imine (C=N–C) groups is 1. The van der Waals surface area contributed by atoms with Gasteiger partial charge in [-0.1, -0.05) is 38.3 Å². The van der Waals surface area contributed by atoms with Gasteiger partial charge in [-0.3, -0.25) is 14.6 Å². The molecule has 60 heavy (non-hydrogen) atoms. The summed E-state index contributed by atoms with van der Waals surface area (Å²) in [7, 11) is 0. The summed E-state index contributed by atoms with van der Waals surface area (Å²) in [5.41, 5.74) is 9.31. The van der Waals surface area contributed by atoms with E-state index in [1.54, 1.807) is 18.6 Å². The van der Waals surface area contributed by atoms with E-state index < -0.39 is 52.2 Å². The van der Waals surface area contributed by atoms with Crippen LogP contribution in [0.4, 0.5) is 0 Å². The maximum absolute atomic E-state index is 14.3. The minimum atomic E-state index is -1.66. The van der Waals surface area contributed by atoms with Crippen molar-refractivity contribution in [3.05, 3.63) is 23.3 Å². The number of aliphatic hydroxyl groups is 5. The van der Waals surface area contributed by atoms with Gasteiger partial charge < -0.3 is 41.7 Å². The van der Waals surface area contributed by atoms with Crippen LogP contribution in [0.15, 0.2) is 28.3 Å². The van der Waals surface area contributed by atoms with Crippen LogP contribution in [0, 0.1) is 99.6 Å². The van der Waals surface area contributed by atoms with E-state index >= 15 is 0 Å². The Kier molecular flexibility index (Phi) is 10.8. The van der Waals surface area contributed by atoms with Crippen LogP contribution in [-0.4, -0.2) is 85.9 Å². The minimum Gasteiger partial charge on any atom is -0.465 e. The Balaban J connectivity index is 1.18. The number of nitrogens with zero attached hydrogens (tertiary/aromatic N) is 1. The number of cyclic esters (lactones) is 1. The van der Waals surface area contributed by atoms with Crippen molar-refractivity contribution in [1.29, 1.82) is 0 Å². The zero-order valence-electron chi connectivity index (χ0n) is 36.3. The molecule has 9 aliphatic rings. The van der Waals surface area contributed by atoms with Crippen LogP contribution in [0.5, 0.6) is 0 Å². The molecule has 0 aromatic rings. The maximum atomic E-state index is 14.3. The van der Waals surface area contributed by atoms with Gasteiger partial charge in [-0.05, 0) is 154 Å². The van der Waals surface area contributed by atoms with Gasteiger partial charge in [0.1, 0.15) is 0 Å². The van der Waals surface area contributed by atoms with Gasteiger partial charge >= 0.3 is 5.97 Å². The Labute approximate surface area is 356 Å². The molecule has 1 saturated heterocycles. The van der Waals surface area contributed by atoms with E-state index in [0.29, 0.717) is 62.0 Å². The summed E-state index contributed by atoms with van der Waals surface area (Å²) in [5, 5.41) is 61.9. The second-order valence-corrected chi connectivity index (χ2v) is 22.3. The highest BCUT2D eigenvalue weighted by molar-refractivity contribution is 5.95. The van der Waals surface area contributed by atoms with Crippen molar-refractivity contribution < 1.29 is 39.9 Å². The standard InChI is InChI=1S/C49H71N3O8/c1-25-8-9-27-11-13-33-26(2)15-41(56)47(4,58)44-30(7-5-6-28(16-35(33)34(27)14-25)31-17-42(57)60-24-31)21-49(59)37-19-38(53)36-18-39(54)40(55)22-46(36,3)43(37)29-10-12-32(23-52-45(50)51)48(44,49)20-29/h11,19,25-26,28-36,39-41,43-44,54-56,58-59H,7-10,12-18,20-24H2,1-4H3,(H4,50,51,52)/t25-,26+,28+,29-,30+,31+,32-,33-,34+,35-,36-,39+,40-,41+,43-,44+,46-,47-,48-,49+/m0/s1. The van der Waals surface area contributed by atoms with E-state index in [0.717, 1.165) is 32.1 Å². The summed E-state index contributed by atoms with van der Waals surface area (Å²) in [6, 6.07) is 0. The zero-order valence-corrected chi connectivity index (χ0v) is 36.3. The molecule has 5 saturated carbocycles. The predicted molar refractivity (Wildman–Crippen MR) is 226 cm³/mol. The van der Waals surface area contributed by atoms with Crippen LogP contribution >= 0.6 is 0 Å². The molecule has 0 unspecified atom stereocenters. The van der Waals surface area contributed by atoms with Crippen LogP contribution in [-0.2, 0) is 14.3 Å². The van der Waals surface area contributed by atoms with Crippen molar-refractivity contribution >= 4 is 17.7 Å². The largest absolute Gasteiger partial charge is 0.465 e. The Bertz CT molecular complexity index is 1900. The average Bonchev–Trinajstić information content (AvgIpc) is 3.73. The van der Waals surface area contributed by atoms with E-state index in [1.807, 2.05) is 0 Å². The fraction of sp³-hybridized carbons (Fsp3) is 0.816. The van der Waals surface area contributed by atoms with Crippen LogP contribution in [0.3, 0.4) is 0 Å². The van der Waals surface area contributed by atoms with Crippen molar-refractivity contribution in [3.8, 4) is 11.8 Å². The lowest BCUT2D eigenvalue weighted by Gasteiger charge is -2.67. The van der Waals surface area contributed by atoms with Gasteiger partial charge in [0.2, 0.25) is 0 Å². The van der Waals surface area contributed by atoms with Gasteiger partial charge in [0.15, 0.2) is 11.7 Å². The molecule has 1 aliphatic heterocycles. The monoisotopic (exact) mass is 830 g/mol. The van der Waals surface area contributed by atoms with E-state index in [4.69, 9.17) is 16.2 Å². The number of aliphatic hydroxyl groups excluding tert-OH is 3. The first-order valence-corrected chi connectivity index (χ1v) is 23.5. The summed E-state index contributed by atoms with van der Waals surface area (Å²) in [4.78, 5) is 31.5. The summed E-state index contributed by atoms with van der Waals surface area (Å²) >= 11 is 0. The van der Waals surface area contributed by atoms with Crippen molar-refractivity contribution in [3.63, 3.8) is 0 Å². The smallest absolute Gasteiger partial charge is 0.306 e. The quantitative estimate of drug-likeness (QED) is 0.0701. The van der Waals surface area contributed by atoms with Gasteiger partial charge in [-0.25, -0.2) is 0 Å². The third-order valence-electron chi connectivity index (χ3n) is 19.1. The maximum Gasteiger partial charge on any atom is 0.306 e. The highest BCUT2D eigenvalue weighted by Crippen LogP contribution is 2.76. The van der Waals surface area contributed by atoms with Gasteiger partial charge in [-0.15, -0.1) is 5.92 Å². The lowest BCUT2D eigenvalue weighted by atomic mass is 9.38. The Morgan fingerprint density at radius 1 is 0.933 bits per heavy atom. The van der Waals surface area contributed by atoms with Crippen LogP contribution in [0.25, 0.3) is 0 Å². The SMILES string of the molecule is C[C@H]1CCC2=CC[C@@H]3[C@H](C[C@H]([C@H]4COC(=O)C4)C#CC[C@@H]4C[C@@]5(O)C6=CC(=O)[C@@H]7C[C@@H](O)[C@@H](O)C[C@]7(C)[C@H]6[C@H]6CC[C@@H](CN=C(N)N)[C@@]5(C6)[C@H]4[C@@](C)(O)[C@H](O)C[C@H]3C)[C@@H]2C1. The molecule has 0 radical (unpaired) electrons. The summed E-state index contributed by atoms with van der Waals surface area (Å²) in [6.07, 6.45) is 10.1. The fourth-order valence-corrected chi connectivity index (χ4v) is 16.5. The number of fused-ring (bicyclic) bond motifs is 10. The van der Waals surface area contributed by atoms with E-state index in [9.17, 15) is 35.1 Å². The lowest BCUT2D eigenvalue weighted by molar-refractivity contribution is -0.226. The summed E-state index contributed by atoms with van der Waals surface area (Å²) < 4.78 is 5.58. The van der Waals surface area contributed by atoms with Crippen LogP contribution in [0.2, 0.25) is 0 Å². The molecule has 1 spiro atoms. The number of allylic oxidation sites excluding steroid dienone is 3. The molecule has 2 bridgehead atoms. The molecule has 9 N–H and O–H groups in total. The first-order chi connectivity index (χ1) is 28.4. The van der Waals surface area contributed by atoms with Crippen molar-refractivity contribution in [2.75, 3.05) is 13.2 Å². The van der Waals surface area contributed by atoms with Gasteiger partial charge in [-0.2, -0.15) is 0 Å². The van der Waals surface area contributed by atoms with Crippen LogP contribution in [0.1, 0.15) is 118 Å². The highest BCUT2D eigenvalue weighted by Gasteiger charge is 2.77. The molecular weight excluding hydrogens is 759 g/mol. The number of guanidine groups is 1. The van der Waals surface area contributed by atoms with Crippen LogP contribution < -0.4 is 11.5 Å². The highest BCUT2D eigenvalue weighted by atomic mass is 16.5. The number of hydrogen-bond acceptors (Lipinski definition) is 9. The molecule has 0 aromatic carbocycles. The first-order valence-electron chi connectivity index (χ1n) is 23.5. The normalized spacial score (nSPS) is 52.3. The second kappa shape index (κ2) is 15.2. The molecule has 6 fully saturated rings. The number of ether oxygens (including phenoxy) is 1. The summed E-state index contributed by atoms with van der Waals surface area (Å²) in [6.45, 7) is 9.04. The molecular formula is C49H71N3O8. The van der Waals surface area contributed by atoms with Crippen molar-refractivity contribution in [2.45, 2.75) is 147 Å². The minimum absolute atomic E-state index is 0.0137. The Morgan fingerprint density at radius 2 is 1.72 bits per heavy atom. The number of ketones is 1.